The molecule has 0 radical (unpaired) electrons. The van der Waals surface area contributed by atoms with E-state index in [-0.39, 0.29) is 4.83 Å². The molecule has 0 N–H and O–H groups in total. The van der Waals surface area contributed by atoms with Crippen LogP contribution in [0.2, 0.25) is 10.0 Å². The standard InChI is InChI=1S/C15H13BrCl2O/c1-19-15-5-3-2-4-10(15)8-13(16)12-7-6-11(17)9-14(12)18/h2-7,9,13H,8H2,1H3. The van der Waals surface area contributed by atoms with Crippen LogP contribution in [-0.4, -0.2) is 7.11 Å². The van der Waals surface area contributed by atoms with Crippen molar-refractivity contribution in [1.82, 2.24) is 0 Å². The largest absolute Gasteiger partial charge is 0.496 e. The van der Waals surface area contributed by atoms with E-state index in [1.807, 2.05) is 30.3 Å². The molecule has 2 aromatic rings. The minimum Gasteiger partial charge on any atom is -0.496 e. The van der Waals surface area contributed by atoms with Crippen molar-refractivity contribution in [1.29, 1.82) is 0 Å². The molecule has 0 saturated heterocycles. The van der Waals surface area contributed by atoms with Gasteiger partial charge in [-0.05, 0) is 35.7 Å². The SMILES string of the molecule is COc1ccccc1CC(Br)c1ccc(Cl)cc1Cl. The van der Waals surface area contributed by atoms with Gasteiger partial charge in [-0.25, -0.2) is 0 Å². The Hall–Kier alpha value is -0.700. The van der Waals surface area contributed by atoms with Gasteiger partial charge in [0, 0.05) is 14.9 Å². The summed E-state index contributed by atoms with van der Waals surface area (Å²) in [5, 5.41) is 1.31. The summed E-state index contributed by atoms with van der Waals surface area (Å²) in [5.41, 5.74) is 2.16. The Morgan fingerprint density at radius 1 is 1.16 bits per heavy atom. The summed E-state index contributed by atoms with van der Waals surface area (Å²) in [4.78, 5) is 0.119. The van der Waals surface area contributed by atoms with Crippen LogP contribution < -0.4 is 4.74 Å². The van der Waals surface area contributed by atoms with Gasteiger partial charge >= 0.3 is 0 Å². The molecule has 0 aliphatic carbocycles. The first-order chi connectivity index (χ1) is 9.11. The monoisotopic (exact) mass is 358 g/mol. The summed E-state index contributed by atoms with van der Waals surface area (Å²) in [6, 6.07) is 13.5. The van der Waals surface area contributed by atoms with E-state index in [4.69, 9.17) is 27.9 Å². The van der Waals surface area contributed by atoms with Crippen LogP contribution in [0.25, 0.3) is 0 Å². The lowest BCUT2D eigenvalue weighted by atomic mass is 10.0. The van der Waals surface area contributed by atoms with E-state index >= 15 is 0 Å². The van der Waals surface area contributed by atoms with Crippen LogP contribution in [0.15, 0.2) is 42.5 Å². The van der Waals surface area contributed by atoms with E-state index in [2.05, 4.69) is 22.0 Å². The van der Waals surface area contributed by atoms with Crippen LogP contribution in [0.5, 0.6) is 5.75 Å². The maximum atomic E-state index is 6.22. The molecule has 0 saturated carbocycles. The molecule has 0 amide bonds. The van der Waals surface area contributed by atoms with Crippen LogP contribution in [-0.2, 0) is 6.42 Å². The van der Waals surface area contributed by atoms with E-state index in [1.165, 1.54) is 0 Å². The molecule has 0 spiro atoms. The van der Waals surface area contributed by atoms with Crippen molar-refractivity contribution in [2.45, 2.75) is 11.2 Å². The first-order valence-electron chi connectivity index (χ1n) is 5.82. The average molecular weight is 360 g/mol. The third-order valence-corrected chi connectivity index (χ3v) is 4.27. The minimum atomic E-state index is 0.119. The normalized spacial score (nSPS) is 12.2. The molecular weight excluding hydrogens is 347 g/mol. The summed E-state index contributed by atoms with van der Waals surface area (Å²) in [6.45, 7) is 0. The molecule has 19 heavy (non-hydrogen) atoms. The van der Waals surface area contributed by atoms with Gasteiger partial charge < -0.3 is 4.74 Å². The highest BCUT2D eigenvalue weighted by atomic mass is 79.9. The van der Waals surface area contributed by atoms with Crippen LogP contribution in [0, 0.1) is 0 Å². The number of halogens is 3. The van der Waals surface area contributed by atoms with Crippen molar-refractivity contribution in [3.8, 4) is 5.75 Å². The number of alkyl halides is 1. The second-order valence-electron chi connectivity index (χ2n) is 4.15. The second kappa shape index (κ2) is 6.65. The number of benzene rings is 2. The van der Waals surface area contributed by atoms with Crippen molar-refractivity contribution >= 4 is 39.1 Å². The Kier molecular flexibility index (Phi) is 5.14. The molecule has 0 bridgehead atoms. The third-order valence-electron chi connectivity index (χ3n) is 2.89. The fourth-order valence-electron chi connectivity index (χ4n) is 1.93. The zero-order valence-corrected chi connectivity index (χ0v) is 13.5. The zero-order valence-electron chi connectivity index (χ0n) is 10.4. The summed E-state index contributed by atoms with van der Waals surface area (Å²) >= 11 is 15.8. The van der Waals surface area contributed by atoms with Gasteiger partial charge in [0.15, 0.2) is 0 Å². The van der Waals surface area contributed by atoms with Crippen LogP contribution in [0.4, 0.5) is 0 Å². The lowest BCUT2D eigenvalue weighted by molar-refractivity contribution is 0.409. The zero-order chi connectivity index (χ0) is 13.8. The Morgan fingerprint density at radius 3 is 2.58 bits per heavy atom. The Morgan fingerprint density at radius 2 is 1.89 bits per heavy atom. The molecule has 0 fully saturated rings. The number of methoxy groups -OCH3 is 1. The Balaban J connectivity index is 2.23. The molecule has 0 heterocycles. The summed E-state index contributed by atoms with van der Waals surface area (Å²) in [7, 11) is 1.68. The van der Waals surface area contributed by atoms with Crippen molar-refractivity contribution in [3.63, 3.8) is 0 Å². The predicted octanol–water partition coefficient (Wildman–Crippen LogP) is 5.68. The molecule has 2 rings (SSSR count). The number of hydrogen-bond acceptors (Lipinski definition) is 1. The highest BCUT2D eigenvalue weighted by molar-refractivity contribution is 9.09. The Labute approximate surface area is 131 Å². The lowest BCUT2D eigenvalue weighted by Gasteiger charge is -2.14. The fourth-order valence-corrected chi connectivity index (χ4v) is 3.35. The van der Waals surface area contributed by atoms with Crippen LogP contribution in [0.3, 0.4) is 0 Å². The van der Waals surface area contributed by atoms with Gasteiger partial charge in [0.2, 0.25) is 0 Å². The molecule has 1 unspecified atom stereocenters. The topological polar surface area (TPSA) is 9.23 Å². The van der Waals surface area contributed by atoms with E-state index in [0.29, 0.717) is 10.0 Å². The van der Waals surface area contributed by atoms with Crippen molar-refractivity contribution in [2.24, 2.45) is 0 Å². The molecule has 0 aliphatic rings. The molecular formula is C15H13BrCl2O. The Bertz CT molecular complexity index is 572. The van der Waals surface area contributed by atoms with Gasteiger partial charge in [0.25, 0.3) is 0 Å². The molecule has 1 nitrogen and oxygen atoms in total. The first-order valence-corrected chi connectivity index (χ1v) is 7.50. The average Bonchev–Trinajstić information content (AvgIpc) is 2.39. The minimum absolute atomic E-state index is 0.119. The van der Waals surface area contributed by atoms with Gasteiger partial charge in [0.05, 0.1) is 7.11 Å². The molecule has 100 valence electrons. The number of para-hydroxylation sites is 1. The summed E-state index contributed by atoms with van der Waals surface area (Å²) < 4.78 is 5.36. The van der Waals surface area contributed by atoms with Gasteiger partial charge in [-0.1, -0.05) is 63.4 Å². The maximum absolute atomic E-state index is 6.22. The van der Waals surface area contributed by atoms with Crippen LogP contribution in [0.1, 0.15) is 16.0 Å². The number of hydrogen-bond donors (Lipinski definition) is 0. The number of rotatable bonds is 4. The fraction of sp³-hybridized carbons (Fsp3) is 0.200. The number of ether oxygens (including phenoxy) is 1. The maximum Gasteiger partial charge on any atom is 0.122 e. The summed E-state index contributed by atoms with van der Waals surface area (Å²) in [5.74, 6) is 0.886. The summed E-state index contributed by atoms with van der Waals surface area (Å²) in [6.07, 6.45) is 0.797. The van der Waals surface area contributed by atoms with E-state index in [9.17, 15) is 0 Å². The van der Waals surface area contributed by atoms with E-state index in [1.54, 1.807) is 13.2 Å². The molecule has 4 heteroatoms. The van der Waals surface area contributed by atoms with Crippen molar-refractivity contribution in [2.75, 3.05) is 7.11 Å². The van der Waals surface area contributed by atoms with Gasteiger partial charge in [-0.15, -0.1) is 0 Å². The second-order valence-corrected chi connectivity index (χ2v) is 6.10. The lowest BCUT2D eigenvalue weighted by Crippen LogP contribution is -1.99. The molecule has 0 aliphatic heterocycles. The van der Waals surface area contributed by atoms with Crippen molar-refractivity contribution in [3.05, 3.63) is 63.6 Å². The van der Waals surface area contributed by atoms with Gasteiger partial charge in [-0.2, -0.15) is 0 Å². The van der Waals surface area contributed by atoms with Crippen molar-refractivity contribution < 1.29 is 4.74 Å². The van der Waals surface area contributed by atoms with E-state index < -0.39 is 0 Å². The van der Waals surface area contributed by atoms with E-state index in [0.717, 1.165) is 23.3 Å². The molecule has 1 atom stereocenters. The van der Waals surface area contributed by atoms with Gasteiger partial charge in [-0.3, -0.25) is 0 Å². The van der Waals surface area contributed by atoms with Gasteiger partial charge in [0.1, 0.15) is 5.75 Å². The first kappa shape index (κ1) is 14.7. The smallest absolute Gasteiger partial charge is 0.122 e. The van der Waals surface area contributed by atoms with Crippen LogP contribution >= 0.6 is 39.1 Å². The quantitative estimate of drug-likeness (QED) is 0.638. The highest BCUT2D eigenvalue weighted by Crippen LogP contribution is 2.35. The molecule has 2 aromatic carbocycles. The third kappa shape index (κ3) is 3.65. The highest BCUT2D eigenvalue weighted by Gasteiger charge is 2.14. The predicted molar refractivity (Wildman–Crippen MR) is 84.8 cm³/mol. The molecule has 0 aromatic heterocycles.